The molecule has 1 heterocycles. The molecule has 4 nitrogen and oxygen atoms in total. The topological polar surface area (TPSA) is 62.5 Å². The zero-order valence-electron chi connectivity index (χ0n) is 17.4. The molecule has 0 saturated heterocycles. The van der Waals surface area contributed by atoms with E-state index in [9.17, 15) is 15.0 Å². The summed E-state index contributed by atoms with van der Waals surface area (Å²) in [7, 11) is 0. The average Bonchev–Trinajstić information content (AvgIpc) is 2.65. The lowest BCUT2D eigenvalue weighted by Crippen LogP contribution is -2.06. The van der Waals surface area contributed by atoms with Crippen molar-refractivity contribution >= 4 is 0 Å². The van der Waals surface area contributed by atoms with Gasteiger partial charge in [-0.3, -0.25) is 4.79 Å². The monoisotopic (exact) mass is 379 g/mol. The molecule has 27 heavy (non-hydrogen) atoms. The Kier molecular flexibility index (Phi) is 13.6. The van der Waals surface area contributed by atoms with E-state index in [1.807, 2.05) is 0 Å². The van der Waals surface area contributed by atoms with E-state index in [-0.39, 0.29) is 11.5 Å². The molecular formula is C23H41NO3. The number of rotatable bonds is 17. The van der Waals surface area contributed by atoms with E-state index in [4.69, 9.17) is 0 Å². The maximum absolute atomic E-state index is 11.2. The lowest BCUT2D eigenvalue weighted by Gasteiger charge is -2.07. The van der Waals surface area contributed by atoms with E-state index in [0.717, 1.165) is 19.4 Å². The standard InChI is InChI=1S/C23H41NO3/c1-2-3-4-5-6-7-8-9-10-11-12-13-14-15-16-17-18-24-19-21(25)23(27)22(26)20-24/h19-20,25-26H,2-18H2,1H3. The first-order chi connectivity index (χ1) is 13.1. The molecule has 0 saturated carbocycles. The van der Waals surface area contributed by atoms with Crippen molar-refractivity contribution in [1.29, 1.82) is 0 Å². The minimum Gasteiger partial charge on any atom is -0.503 e. The summed E-state index contributed by atoms with van der Waals surface area (Å²) < 4.78 is 1.69. The summed E-state index contributed by atoms with van der Waals surface area (Å²) >= 11 is 0. The Hall–Kier alpha value is -1.45. The third kappa shape index (κ3) is 11.8. The third-order valence-corrected chi connectivity index (χ3v) is 5.31. The van der Waals surface area contributed by atoms with Crippen LogP contribution < -0.4 is 5.43 Å². The maximum atomic E-state index is 11.2. The Bertz CT molecular complexity index is 513. The second kappa shape index (κ2) is 15.6. The second-order valence-corrected chi connectivity index (χ2v) is 7.90. The molecular weight excluding hydrogens is 338 g/mol. The molecule has 1 aromatic rings. The van der Waals surface area contributed by atoms with Crippen LogP contribution in [-0.4, -0.2) is 14.8 Å². The predicted octanol–water partition coefficient (Wildman–Crippen LogP) is 6.52. The Morgan fingerprint density at radius 3 is 1.33 bits per heavy atom. The molecule has 0 bridgehead atoms. The van der Waals surface area contributed by atoms with E-state index in [2.05, 4.69) is 6.92 Å². The molecule has 0 amide bonds. The number of hydrogen-bond donors (Lipinski definition) is 2. The molecule has 2 N–H and O–H groups in total. The van der Waals surface area contributed by atoms with Crippen molar-refractivity contribution in [1.82, 2.24) is 4.57 Å². The van der Waals surface area contributed by atoms with Gasteiger partial charge in [-0.15, -0.1) is 0 Å². The summed E-state index contributed by atoms with van der Waals surface area (Å²) in [4.78, 5) is 11.2. The van der Waals surface area contributed by atoms with Crippen LogP contribution in [0.25, 0.3) is 0 Å². The largest absolute Gasteiger partial charge is 0.503 e. The molecule has 0 aliphatic heterocycles. The molecule has 156 valence electrons. The number of aromatic nitrogens is 1. The Labute approximate surface area is 165 Å². The van der Waals surface area contributed by atoms with Gasteiger partial charge in [0.05, 0.1) is 12.4 Å². The Balaban J connectivity index is 1.85. The molecule has 1 aromatic heterocycles. The van der Waals surface area contributed by atoms with Crippen molar-refractivity contribution in [2.75, 3.05) is 0 Å². The highest BCUT2D eigenvalue weighted by Gasteiger charge is 2.04. The molecule has 1 rings (SSSR count). The van der Waals surface area contributed by atoms with Crippen molar-refractivity contribution in [2.24, 2.45) is 0 Å². The molecule has 0 atom stereocenters. The lowest BCUT2D eigenvalue weighted by molar-refractivity contribution is 0.423. The zero-order valence-corrected chi connectivity index (χ0v) is 17.4. The van der Waals surface area contributed by atoms with E-state index in [1.54, 1.807) is 4.57 Å². The van der Waals surface area contributed by atoms with Gasteiger partial charge in [-0.25, -0.2) is 0 Å². The van der Waals surface area contributed by atoms with Gasteiger partial charge in [0.15, 0.2) is 11.5 Å². The number of pyridine rings is 1. The highest BCUT2D eigenvalue weighted by atomic mass is 16.3. The summed E-state index contributed by atoms with van der Waals surface area (Å²) in [5, 5.41) is 18.8. The number of nitrogens with zero attached hydrogens (tertiary/aromatic N) is 1. The summed E-state index contributed by atoms with van der Waals surface area (Å²) in [6.07, 6.45) is 24.2. The minimum absolute atomic E-state index is 0.383. The third-order valence-electron chi connectivity index (χ3n) is 5.31. The van der Waals surface area contributed by atoms with Crippen LogP contribution in [0.3, 0.4) is 0 Å². The maximum Gasteiger partial charge on any atom is 0.264 e. The van der Waals surface area contributed by atoms with Gasteiger partial charge in [0, 0.05) is 6.54 Å². The minimum atomic E-state index is -0.696. The van der Waals surface area contributed by atoms with Crippen molar-refractivity contribution in [3.8, 4) is 11.5 Å². The summed E-state index contributed by atoms with van der Waals surface area (Å²) in [5.74, 6) is -0.766. The summed E-state index contributed by atoms with van der Waals surface area (Å²) in [5.41, 5.74) is -0.696. The van der Waals surface area contributed by atoms with Crippen LogP contribution in [0.5, 0.6) is 11.5 Å². The number of unbranched alkanes of at least 4 members (excludes halogenated alkanes) is 15. The van der Waals surface area contributed by atoms with Crippen LogP contribution in [0.4, 0.5) is 0 Å². The SMILES string of the molecule is CCCCCCCCCCCCCCCCCCn1cc(O)c(=O)c(O)c1. The van der Waals surface area contributed by atoms with E-state index in [1.165, 1.54) is 102 Å². The molecule has 0 radical (unpaired) electrons. The van der Waals surface area contributed by atoms with E-state index < -0.39 is 5.43 Å². The predicted molar refractivity (Wildman–Crippen MR) is 114 cm³/mol. The fraction of sp³-hybridized carbons (Fsp3) is 0.783. The molecule has 0 aliphatic rings. The summed E-state index contributed by atoms with van der Waals surface area (Å²) in [6.45, 7) is 2.99. The molecule has 0 unspecified atom stereocenters. The number of hydrogen-bond acceptors (Lipinski definition) is 3. The first kappa shape index (κ1) is 23.6. The van der Waals surface area contributed by atoms with Gasteiger partial charge in [0.2, 0.25) is 0 Å². The van der Waals surface area contributed by atoms with Crippen molar-refractivity contribution in [3.63, 3.8) is 0 Å². The van der Waals surface area contributed by atoms with Crippen LogP contribution in [0.15, 0.2) is 17.2 Å². The number of aryl methyl sites for hydroxylation is 1. The quantitative estimate of drug-likeness (QED) is 0.303. The highest BCUT2D eigenvalue weighted by molar-refractivity contribution is 5.26. The fourth-order valence-corrected chi connectivity index (χ4v) is 3.57. The lowest BCUT2D eigenvalue weighted by atomic mass is 10.0. The molecule has 0 aromatic carbocycles. The van der Waals surface area contributed by atoms with Gasteiger partial charge in [-0.2, -0.15) is 0 Å². The van der Waals surface area contributed by atoms with Crippen molar-refractivity contribution in [2.45, 2.75) is 116 Å². The van der Waals surface area contributed by atoms with Crippen LogP contribution in [0.2, 0.25) is 0 Å². The van der Waals surface area contributed by atoms with Gasteiger partial charge < -0.3 is 14.8 Å². The average molecular weight is 380 g/mol. The highest BCUT2D eigenvalue weighted by Crippen LogP contribution is 2.14. The van der Waals surface area contributed by atoms with Gasteiger partial charge in [-0.05, 0) is 6.42 Å². The Morgan fingerprint density at radius 2 is 0.963 bits per heavy atom. The molecule has 0 aliphatic carbocycles. The van der Waals surface area contributed by atoms with Crippen LogP contribution in [-0.2, 0) is 6.54 Å². The number of aromatic hydroxyl groups is 2. The van der Waals surface area contributed by atoms with Gasteiger partial charge in [0.1, 0.15) is 0 Å². The van der Waals surface area contributed by atoms with Gasteiger partial charge in [0.25, 0.3) is 5.43 Å². The van der Waals surface area contributed by atoms with E-state index >= 15 is 0 Å². The Morgan fingerprint density at radius 1 is 0.630 bits per heavy atom. The molecule has 4 heteroatoms. The summed E-state index contributed by atoms with van der Waals surface area (Å²) in [6, 6.07) is 0. The first-order valence-electron chi connectivity index (χ1n) is 11.3. The normalized spacial score (nSPS) is 11.1. The second-order valence-electron chi connectivity index (χ2n) is 7.90. The first-order valence-corrected chi connectivity index (χ1v) is 11.3. The van der Waals surface area contributed by atoms with Gasteiger partial charge >= 0.3 is 0 Å². The zero-order chi connectivity index (χ0) is 19.7. The van der Waals surface area contributed by atoms with Crippen molar-refractivity contribution < 1.29 is 10.2 Å². The van der Waals surface area contributed by atoms with Crippen LogP contribution in [0, 0.1) is 0 Å². The van der Waals surface area contributed by atoms with Crippen LogP contribution in [0.1, 0.15) is 110 Å². The smallest absolute Gasteiger partial charge is 0.264 e. The molecule has 0 fully saturated rings. The van der Waals surface area contributed by atoms with E-state index in [0.29, 0.717) is 0 Å². The fourth-order valence-electron chi connectivity index (χ4n) is 3.57. The molecule has 0 spiro atoms. The van der Waals surface area contributed by atoms with Gasteiger partial charge in [-0.1, -0.05) is 103 Å². The van der Waals surface area contributed by atoms with Crippen LogP contribution >= 0.6 is 0 Å². The van der Waals surface area contributed by atoms with Crippen molar-refractivity contribution in [3.05, 3.63) is 22.6 Å².